The third-order valence-corrected chi connectivity index (χ3v) is 20.1. The lowest BCUT2D eigenvalue weighted by molar-refractivity contribution is 0.0144. The maximum Gasteiger partial charge on any atom is 0.179 e. The van der Waals surface area contributed by atoms with Crippen LogP contribution in [0.4, 0.5) is 0 Å². The number of benzene rings is 1. The highest BCUT2D eigenvalue weighted by molar-refractivity contribution is 7.43. The maximum absolute atomic E-state index is 6.56. The zero-order chi connectivity index (χ0) is 14.7. The lowest BCUT2D eigenvalue weighted by Crippen LogP contribution is -2.67. The molecule has 19 heavy (non-hydrogen) atoms. The summed E-state index contributed by atoms with van der Waals surface area (Å²) >= 11 is 0. The fourth-order valence-corrected chi connectivity index (χ4v) is 9.99. The summed E-state index contributed by atoms with van der Waals surface area (Å²) < 4.78 is 11.8. The number of hydrogen-bond donors (Lipinski definition) is 0. The van der Waals surface area contributed by atoms with Crippen LogP contribution in [0.25, 0.3) is 0 Å². The standard InChI is InChI=1S/C15H28O2Si2/c1-15(2,13-16-3)17-19(6,7)18(4,5)14-11-9-8-10-12-14/h8-12H,13H2,1-7H3. The van der Waals surface area contributed by atoms with Gasteiger partial charge >= 0.3 is 0 Å². The van der Waals surface area contributed by atoms with E-state index < -0.39 is 15.4 Å². The molecule has 0 bridgehead atoms. The minimum absolute atomic E-state index is 0.205. The largest absolute Gasteiger partial charge is 0.412 e. The minimum atomic E-state index is -1.79. The molecule has 0 fully saturated rings. The van der Waals surface area contributed by atoms with E-state index in [0.717, 1.165) is 0 Å². The maximum atomic E-state index is 6.56. The van der Waals surface area contributed by atoms with E-state index in [1.165, 1.54) is 5.19 Å². The zero-order valence-electron chi connectivity index (χ0n) is 13.4. The predicted octanol–water partition coefficient (Wildman–Crippen LogP) is 3.33. The van der Waals surface area contributed by atoms with Crippen molar-refractivity contribution in [1.29, 1.82) is 0 Å². The Morgan fingerprint density at radius 3 is 2.00 bits per heavy atom. The number of methoxy groups -OCH3 is 1. The van der Waals surface area contributed by atoms with Crippen molar-refractivity contribution < 1.29 is 9.16 Å². The lowest BCUT2D eigenvalue weighted by Gasteiger charge is -2.43. The normalized spacial score (nSPS) is 13.6. The highest BCUT2D eigenvalue weighted by Crippen LogP contribution is 2.26. The molecule has 1 aromatic carbocycles. The van der Waals surface area contributed by atoms with Gasteiger partial charge in [-0.05, 0) is 26.9 Å². The summed E-state index contributed by atoms with van der Waals surface area (Å²) in [6.45, 7) is 14.5. The first-order valence-electron chi connectivity index (χ1n) is 6.87. The van der Waals surface area contributed by atoms with Crippen molar-refractivity contribution in [3.63, 3.8) is 0 Å². The van der Waals surface area contributed by atoms with Gasteiger partial charge in [0.2, 0.25) is 0 Å². The Morgan fingerprint density at radius 1 is 1.00 bits per heavy atom. The molecule has 0 saturated carbocycles. The molecule has 1 rings (SSSR count). The van der Waals surface area contributed by atoms with Gasteiger partial charge in [-0.25, -0.2) is 0 Å². The molecule has 0 spiro atoms. The third-order valence-electron chi connectivity index (χ3n) is 4.02. The second-order valence-corrected chi connectivity index (χ2v) is 21.2. The van der Waals surface area contributed by atoms with Gasteiger partial charge in [0, 0.05) is 7.11 Å². The third kappa shape index (κ3) is 4.02. The summed E-state index contributed by atoms with van der Waals surface area (Å²) in [4.78, 5) is 0. The Bertz CT molecular complexity index is 400. The van der Waals surface area contributed by atoms with Gasteiger partial charge in [0.15, 0.2) is 7.83 Å². The van der Waals surface area contributed by atoms with Crippen LogP contribution in [0.1, 0.15) is 13.8 Å². The fourth-order valence-electron chi connectivity index (χ4n) is 2.40. The van der Waals surface area contributed by atoms with E-state index in [2.05, 4.69) is 70.4 Å². The first-order chi connectivity index (χ1) is 8.62. The van der Waals surface area contributed by atoms with Crippen LogP contribution in [0, 0.1) is 0 Å². The highest BCUT2D eigenvalue weighted by atomic mass is 29.3. The van der Waals surface area contributed by atoms with Crippen molar-refractivity contribution in [2.24, 2.45) is 0 Å². The Balaban J connectivity index is 2.98. The molecule has 108 valence electrons. The Morgan fingerprint density at radius 2 is 1.53 bits per heavy atom. The predicted molar refractivity (Wildman–Crippen MR) is 88.1 cm³/mol. The van der Waals surface area contributed by atoms with E-state index in [1.54, 1.807) is 7.11 Å². The van der Waals surface area contributed by atoms with Crippen molar-refractivity contribution in [3.8, 4) is 0 Å². The molecule has 0 atom stereocenters. The molecule has 0 aromatic heterocycles. The van der Waals surface area contributed by atoms with Gasteiger partial charge in [-0.3, -0.25) is 0 Å². The van der Waals surface area contributed by atoms with Crippen molar-refractivity contribution >= 4 is 20.6 Å². The molecule has 4 heteroatoms. The molecule has 0 aliphatic heterocycles. The molecule has 0 aliphatic rings. The van der Waals surface area contributed by atoms with Gasteiger partial charge in [-0.1, -0.05) is 48.6 Å². The van der Waals surface area contributed by atoms with Crippen LogP contribution >= 0.6 is 0 Å². The van der Waals surface area contributed by atoms with E-state index in [1.807, 2.05) is 0 Å². The molecule has 0 N–H and O–H groups in total. The van der Waals surface area contributed by atoms with Gasteiger partial charge in [-0.2, -0.15) is 0 Å². The van der Waals surface area contributed by atoms with Gasteiger partial charge in [-0.15, -0.1) is 0 Å². The van der Waals surface area contributed by atoms with Gasteiger partial charge < -0.3 is 9.16 Å². The molecule has 0 amide bonds. The van der Waals surface area contributed by atoms with Crippen LogP contribution in [0.2, 0.25) is 26.2 Å². The van der Waals surface area contributed by atoms with E-state index in [-0.39, 0.29) is 5.60 Å². The zero-order valence-corrected chi connectivity index (χ0v) is 15.4. The van der Waals surface area contributed by atoms with E-state index in [9.17, 15) is 0 Å². The topological polar surface area (TPSA) is 18.5 Å². The lowest BCUT2D eigenvalue weighted by atomic mass is 10.2. The Labute approximate surface area is 120 Å². The van der Waals surface area contributed by atoms with Gasteiger partial charge in [0.1, 0.15) is 7.59 Å². The average Bonchev–Trinajstić information content (AvgIpc) is 2.28. The monoisotopic (exact) mass is 296 g/mol. The fraction of sp³-hybridized carbons (Fsp3) is 0.600. The summed E-state index contributed by atoms with van der Waals surface area (Å²) in [7, 11) is -1.63. The Hall–Kier alpha value is -0.426. The van der Waals surface area contributed by atoms with Gasteiger partial charge in [0.05, 0.1) is 12.2 Å². The summed E-state index contributed by atoms with van der Waals surface area (Å²) in [6, 6.07) is 10.9. The average molecular weight is 297 g/mol. The van der Waals surface area contributed by atoms with Crippen LogP contribution in [0.15, 0.2) is 30.3 Å². The molecule has 0 aliphatic carbocycles. The Kier molecular flexibility index (Phi) is 5.17. The summed E-state index contributed by atoms with van der Waals surface area (Å²) in [6.07, 6.45) is 0. The number of rotatable bonds is 6. The van der Waals surface area contributed by atoms with E-state index >= 15 is 0 Å². The van der Waals surface area contributed by atoms with Crippen molar-refractivity contribution in [2.75, 3.05) is 13.7 Å². The quantitative estimate of drug-likeness (QED) is 0.750. The first-order valence-corrected chi connectivity index (χ1v) is 13.8. The molecular weight excluding hydrogens is 268 g/mol. The minimum Gasteiger partial charge on any atom is -0.412 e. The molecule has 1 aromatic rings. The molecule has 2 nitrogen and oxygen atoms in total. The second kappa shape index (κ2) is 5.91. The molecule has 0 unspecified atom stereocenters. The van der Waals surface area contributed by atoms with E-state index in [4.69, 9.17) is 9.16 Å². The number of ether oxygens (including phenoxy) is 1. The molecule has 0 radical (unpaired) electrons. The van der Waals surface area contributed by atoms with Crippen molar-refractivity contribution in [1.82, 2.24) is 0 Å². The molecular formula is C15H28O2Si2. The van der Waals surface area contributed by atoms with Crippen LogP contribution in [-0.4, -0.2) is 34.7 Å². The SMILES string of the molecule is COCC(C)(C)O[Si](C)(C)[Si](C)(C)c1ccccc1. The van der Waals surface area contributed by atoms with Gasteiger partial charge in [0.25, 0.3) is 0 Å². The highest BCUT2D eigenvalue weighted by Gasteiger charge is 2.47. The summed E-state index contributed by atoms with van der Waals surface area (Å²) in [5, 5.41) is 1.49. The van der Waals surface area contributed by atoms with Crippen LogP contribution in [-0.2, 0) is 9.16 Å². The van der Waals surface area contributed by atoms with E-state index in [0.29, 0.717) is 6.61 Å². The molecule has 0 heterocycles. The first kappa shape index (κ1) is 16.6. The van der Waals surface area contributed by atoms with Crippen LogP contribution in [0.5, 0.6) is 0 Å². The number of hydrogen-bond acceptors (Lipinski definition) is 2. The van der Waals surface area contributed by atoms with Crippen molar-refractivity contribution in [3.05, 3.63) is 30.3 Å². The van der Waals surface area contributed by atoms with Crippen LogP contribution < -0.4 is 5.19 Å². The van der Waals surface area contributed by atoms with Crippen molar-refractivity contribution in [2.45, 2.75) is 45.6 Å². The smallest absolute Gasteiger partial charge is 0.179 e. The molecule has 0 saturated heterocycles. The summed E-state index contributed by atoms with van der Waals surface area (Å²) in [5.74, 6) is 0. The summed E-state index contributed by atoms with van der Waals surface area (Å²) in [5.41, 5.74) is -0.205. The van der Waals surface area contributed by atoms with Crippen LogP contribution in [0.3, 0.4) is 0 Å². The second-order valence-electron chi connectivity index (χ2n) is 6.80.